The van der Waals surface area contributed by atoms with Gasteiger partial charge in [0.15, 0.2) is 9.84 Å². The van der Waals surface area contributed by atoms with Crippen LogP contribution < -0.4 is 10.6 Å². The van der Waals surface area contributed by atoms with Gasteiger partial charge in [0.1, 0.15) is 5.69 Å². The van der Waals surface area contributed by atoms with Gasteiger partial charge in [-0.3, -0.25) is 19.7 Å². The third kappa shape index (κ3) is 5.82. The van der Waals surface area contributed by atoms with E-state index in [1.165, 1.54) is 12.1 Å². The zero-order valence-electron chi connectivity index (χ0n) is 17.5. The van der Waals surface area contributed by atoms with Crippen molar-refractivity contribution in [1.29, 1.82) is 0 Å². The molecule has 1 heterocycles. The zero-order valence-corrected chi connectivity index (χ0v) is 18.4. The lowest BCUT2D eigenvalue weighted by atomic mass is 10.1. The molecule has 32 heavy (non-hydrogen) atoms. The molecule has 3 rings (SSSR count). The quantitative estimate of drug-likeness (QED) is 0.331. The molecule has 1 aliphatic rings. The molecule has 2 N–H and O–H groups in total. The average molecular weight is 461 g/mol. The summed E-state index contributed by atoms with van der Waals surface area (Å²) in [7, 11) is -3.57. The van der Waals surface area contributed by atoms with Crippen LogP contribution in [0, 0.1) is 10.1 Å². The Morgan fingerprint density at radius 3 is 2.62 bits per heavy atom. The van der Waals surface area contributed by atoms with E-state index in [0.717, 1.165) is 30.9 Å². The molecule has 2 aromatic carbocycles. The maximum absolute atomic E-state index is 12.4. The fraction of sp³-hybridized carbons (Fsp3) is 0.333. The van der Waals surface area contributed by atoms with Gasteiger partial charge in [-0.2, -0.15) is 0 Å². The van der Waals surface area contributed by atoms with Crippen LogP contribution in [-0.4, -0.2) is 55.9 Å². The Morgan fingerprint density at radius 2 is 1.97 bits per heavy atom. The Bertz CT molecular complexity index is 1150. The molecule has 170 valence electrons. The molecule has 0 saturated carbocycles. The molecule has 0 atom stereocenters. The van der Waals surface area contributed by atoms with Gasteiger partial charge >= 0.3 is 0 Å². The topological polar surface area (TPSA) is 139 Å². The van der Waals surface area contributed by atoms with Crippen LogP contribution in [0.15, 0.2) is 47.4 Å². The lowest BCUT2D eigenvalue weighted by Crippen LogP contribution is -2.29. The number of anilines is 1. The highest BCUT2D eigenvalue weighted by Crippen LogP contribution is 2.27. The zero-order chi connectivity index (χ0) is 23.3. The number of hydrogen-bond acceptors (Lipinski definition) is 7. The van der Waals surface area contributed by atoms with E-state index in [-0.39, 0.29) is 41.2 Å². The van der Waals surface area contributed by atoms with Gasteiger partial charge in [-0.05, 0) is 36.2 Å². The van der Waals surface area contributed by atoms with Gasteiger partial charge in [0.05, 0.1) is 9.82 Å². The van der Waals surface area contributed by atoms with Crippen molar-refractivity contribution in [2.24, 2.45) is 0 Å². The van der Waals surface area contributed by atoms with Gasteiger partial charge in [-0.15, -0.1) is 0 Å². The van der Waals surface area contributed by atoms with Crippen molar-refractivity contribution in [3.05, 3.63) is 63.7 Å². The Hall–Kier alpha value is -3.47. The largest absolute Gasteiger partial charge is 0.378 e. The number of hydrogen-bond donors (Lipinski definition) is 2. The predicted molar refractivity (Wildman–Crippen MR) is 118 cm³/mol. The van der Waals surface area contributed by atoms with E-state index in [2.05, 4.69) is 10.6 Å². The number of carbonyl (C=O) groups excluding carboxylic acids is 2. The average Bonchev–Trinajstić information content (AvgIpc) is 3.14. The number of sulfone groups is 1. The molecule has 2 aromatic rings. The van der Waals surface area contributed by atoms with Gasteiger partial charge < -0.3 is 15.5 Å². The first-order valence-corrected chi connectivity index (χ1v) is 11.9. The molecule has 0 aromatic heterocycles. The van der Waals surface area contributed by atoms with Gasteiger partial charge in [0.2, 0.25) is 5.91 Å². The standard InChI is InChI=1S/C21H24N4O6S/c1-32(30,31)17-7-8-18(19(13-17)25(28)29)22-9-10-23-21(27)16-5-2-4-15(12-16)14-24-11-3-6-20(24)26/h2,4-5,7-8,12-13,22H,3,6,9-11,14H2,1H3,(H,23,27). The normalized spacial score (nSPS) is 13.8. The molecule has 0 radical (unpaired) electrons. The minimum Gasteiger partial charge on any atom is -0.378 e. The van der Waals surface area contributed by atoms with Crippen molar-refractivity contribution >= 4 is 33.0 Å². The third-order valence-electron chi connectivity index (χ3n) is 5.05. The minimum absolute atomic E-state index is 0.115. The summed E-state index contributed by atoms with van der Waals surface area (Å²) in [6, 6.07) is 10.7. The minimum atomic E-state index is -3.57. The van der Waals surface area contributed by atoms with E-state index in [1.54, 1.807) is 23.1 Å². The number of nitrogens with zero attached hydrogens (tertiary/aromatic N) is 2. The summed E-state index contributed by atoms with van der Waals surface area (Å²) in [4.78, 5) is 36.5. The van der Waals surface area contributed by atoms with Crippen molar-refractivity contribution in [3.63, 3.8) is 0 Å². The molecule has 1 fully saturated rings. The molecule has 1 aliphatic heterocycles. The predicted octanol–water partition coefficient (Wildman–Crippen LogP) is 1.96. The smallest absolute Gasteiger partial charge is 0.293 e. The summed E-state index contributed by atoms with van der Waals surface area (Å²) in [6.45, 7) is 1.58. The first-order chi connectivity index (χ1) is 15.1. The number of benzene rings is 2. The van der Waals surface area contributed by atoms with Gasteiger partial charge in [-0.1, -0.05) is 12.1 Å². The van der Waals surface area contributed by atoms with Crippen molar-refractivity contribution in [1.82, 2.24) is 10.2 Å². The van der Waals surface area contributed by atoms with Gasteiger partial charge in [-0.25, -0.2) is 8.42 Å². The highest BCUT2D eigenvalue weighted by Gasteiger charge is 2.21. The first-order valence-electron chi connectivity index (χ1n) is 10.0. The summed E-state index contributed by atoms with van der Waals surface area (Å²) < 4.78 is 23.2. The summed E-state index contributed by atoms with van der Waals surface area (Å²) in [5.41, 5.74) is 1.13. The number of carbonyl (C=O) groups is 2. The fourth-order valence-corrected chi connectivity index (χ4v) is 4.06. The maximum atomic E-state index is 12.4. The van der Waals surface area contributed by atoms with E-state index in [4.69, 9.17) is 0 Å². The molecule has 0 aliphatic carbocycles. The summed E-state index contributed by atoms with van der Waals surface area (Å²) in [6.07, 6.45) is 2.39. The van der Waals surface area contributed by atoms with Crippen LogP contribution in [0.4, 0.5) is 11.4 Å². The second kappa shape index (κ2) is 9.77. The molecular formula is C21H24N4O6S. The van der Waals surface area contributed by atoms with Crippen LogP contribution in [0.2, 0.25) is 0 Å². The Labute approximate surface area is 185 Å². The number of nitrogens with one attached hydrogen (secondary N) is 2. The number of rotatable bonds is 9. The molecular weight excluding hydrogens is 436 g/mol. The van der Waals surface area contributed by atoms with Crippen LogP contribution in [0.5, 0.6) is 0 Å². The molecule has 0 spiro atoms. The highest BCUT2D eigenvalue weighted by molar-refractivity contribution is 7.90. The van der Waals surface area contributed by atoms with Gasteiger partial charge in [0.25, 0.3) is 11.6 Å². The maximum Gasteiger partial charge on any atom is 0.293 e. The van der Waals surface area contributed by atoms with Crippen molar-refractivity contribution in [2.75, 3.05) is 31.2 Å². The van der Waals surface area contributed by atoms with Crippen LogP contribution in [0.1, 0.15) is 28.8 Å². The fourth-order valence-electron chi connectivity index (χ4n) is 3.42. The molecule has 1 saturated heterocycles. The van der Waals surface area contributed by atoms with Crippen LogP contribution in [0.3, 0.4) is 0 Å². The van der Waals surface area contributed by atoms with Crippen molar-refractivity contribution in [2.45, 2.75) is 24.3 Å². The van der Waals surface area contributed by atoms with Crippen molar-refractivity contribution < 1.29 is 22.9 Å². The lowest BCUT2D eigenvalue weighted by molar-refractivity contribution is -0.384. The number of likely N-dealkylation sites (tertiary alicyclic amines) is 1. The van der Waals surface area contributed by atoms with Crippen molar-refractivity contribution in [3.8, 4) is 0 Å². The summed E-state index contributed by atoms with van der Waals surface area (Å²) in [5, 5.41) is 16.9. The van der Waals surface area contributed by atoms with Crippen LogP contribution in [0.25, 0.3) is 0 Å². The number of nitro groups is 1. The summed E-state index contributed by atoms with van der Waals surface area (Å²) >= 11 is 0. The Morgan fingerprint density at radius 1 is 1.19 bits per heavy atom. The third-order valence-corrected chi connectivity index (χ3v) is 6.16. The second-order valence-electron chi connectivity index (χ2n) is 7.51. The Balaban J connectivity index is 1.56. The number of nitro benzene ring substituents is 1. The molecule has 0 bridgehead atoms. The molecule has 11 heteroatoms. The first kappa shape index (κ1) is 23.2. The molecule has 0 unspecified atom stereocenters. The van der Waals surface area contributed by atoms with E-state index >= 15 is 0 Å². The van der Waals surface area contributed by atoms with Crippen LogP contribution >= 0.6 is 0 Å². The Kier molecular flexibility index (Phi) is 7.08. The SMILES string of the molecule is CS(=O)(=O)c1ccc(NCCNC(=O)c2cccc(CN3CCCC3=O)c2)c([N+](=O)[O-])c1. The van der Waals surface area contributed by atoms with E-state index < -0.39 is 14.8 Å². The van der Waals surface area contributed by atoms with Crippen LogP contribution in [-0.2, 0) is 21.2 Å². The van der Waals surface area contributed by atoms with E-state index in [0.29, 0.717) is 18.5 Å². The van der Waals surface area contributed by atoms with E-state index in [9.17, 15) is 28.1 Å². The summed E-state index contributed by atoms with van der Waals surface area (Å²) in [5.74, 6) is -0.187. The van der Waals surface area contributed by atoms with E-state index in [1.807, 2.05) is 6.07 Å². The highest BCUT2D eigenvalue weighted by atomic mass is 32.2. The molecule has 10 nitrogen and oxygen atoms in total. The second-order valence-corrected chi connectivity index (χ2v) is 9.53. The van der Waals surface area contributed by atoms with Gasteiger partial charge in [0, 0.05) is 50.5 Å². The number of amides is 2. The monoisotopic (exact) mass is 460 g/mol. The molecule has 2 amide bonds. The lowest BCUT2D eigenvalue weighted by Gasteiger charge is -2.16.